The number of para-hydroxylation sites is 1. The van der Waals surface area contributed by atoms with Crippen LogP contribution in [0.15, 0.2) is 54.6 Å². The number of benzene rings is 2. The molecule has 8 nitrogen and oxygen atoms in total. The van der Waals surface area contributed by atoms with Crippen LogP contribution in [0, 0.1) is 0 Å². The number of hydrogen-bond acceptors (Lipinski definition) is 5. The topological polar surface area (TPSA) is 93.0 Å². The molecule has 2 aromatic carbocycles. The van der Waals surface area contributed by atoms with E-state index in [0.29, 0.717) is 11.4 Å². The van der Waals surface area contributed by atoms with Crippen LogP contribution in [-0.4, -0.2) is 57.1 Å². The van der Waals surface area contributed by atoms with Gasteiger partial charge in [0.05, 0.1) is 5.69 Å². The number of nitrogens with zero attached hydrogens (tertiary/aromatic N) is 5. The first-order valence-electron chi connectivity index (χ1n) is 8.93. The number of tetrazole rings is 1. The molecule has 3 rings (SSSR count). The maximum absolute atomic E-state index is 12.9. The lowest BCUT2D eigenvalue weighted by Gasteiger charge is -2.24. The number of aromatic nitrogens is 4. The van der Waals surface area contributed by atoms with Gasteiger partial charge in [0, 0.05) is 37.7 Å². The fraction of sp³-hybridized carbons (Fsp3) is 0.250. The Kier molecular flexibility index (Phi) is 5.78. The first-order chi connectivity index (χ1) is 13.5. The molecule has 8 heteroatoms. The molecule has 1 atom stereocenters. The highest BCUT2D eigenvalue weighted by Crippen LogP contribution is 2.21. The van der Waals surface area contributed by atoms with E-state index in [0.717, 1.165) is 11.3 Å². The van der Waals surface area contributed by atoms with Gasteiger partial charge in [0.25, 0.3) is 5.91 Å². The quantitative estimate of drug-likeness (QED) is 0.707. The van der Waals surface area contributed by atoms with Gasteiger partial charge in [-0.2, -0.15) is 4.68 Å². The molecule has 3 aromatic rings. The average Bonchev–Trinajstić information content (AvgIpc) is 3.23. The largest absolute Gasteiger partial charge is 0.359 e. The second kappa shape index (κ2) is 8.43. The summed E-state index contributed by atoms with van der Waals surface area (Å²) >= 11 is 0. The van der Waals surface area contributed by atoms with E-state index in [1.54, 1.807) is 41.9 Å². The number of amides is 2. The van der Waals surface area contributed by atoms with Crippen molar-refractivity contribution >= 4 is 11.8 Å². The summed E-state index contributed by atoms with van der Waals surface area (Å²) < 4.78 is 1.63. The van der Waals surface area contributed by atoms with E-state index in [-0.39, 0.29) is 24.3 Å². The number of carbonyl (C=O) groups is 2. The Balaban J connectivity index is 1.87. The second-order valence-corrected chi connectivity index (χ2v) is 6.47. The van der Waals surface area contributed by atoms with Crippen molar-refractivity contribution in [2.24, 2.45) is 0 Å². The van der Waals surface area contributed by atoms with Gasteiger partial charge < -0.3 is 10.2 Å². The molecule has 0 aliphatic carbocycles. The monoisotopic (exact) mass is 378 g/mol. The molecule has 144 valence electrons. The zero-order valence-electron chi connectivity index (χ0n) is 16.0. The maximum atomic E-state index is 12.9. The third-order valence-corrected chi connectivity index (χ3v) is 4.58. The maximum Gasteiger partial charge on any atom is 0.253 e. The van der Waals surface area contributed by atoms with Crippen LogP contribution >= 0.6 is 0 Å². The summed E-state index contributed by atoms with van der Waals surface area (Å²) in [5.74, 6) is 0.266. The molecule has 0 unspecified atom stereocenters. The summed E-state index contributed by atoms with van der Waals surface area (Å²) in [6.07, 6.45) is 0.241. The van der Waals surface area contributed by atoms with Crippen molar-refractivity contribution in [1.82, 2.24) is 30.4 Å². The summed E-state index contributed by atoms with van der Waals surface area (Å²) in [7, 11) is 3.27. The van der Waals surface area contributed by atoms with Crippen LogP contribution in [0.2, 0.25) is 0 Å². The Labute approximate surface area is 163 Å². The molecule has 0 radical (unpaired) electrons. The normalized spacial score (nSPS) is 11.7. The molecule has 28 heavy (non-hydrogen) atoms. The molecule has 0 saturated carbocycles. The third-order valence-electron chi connectivity index (χ3n) is 4.58. The predicted octanol–water partition coefficient (Wildman–Crippen LogP) is 1.93. The summed E-state index contributed by atoms with van der Waals surface area (Å²) in [5.41, 5.74) is 2.06. The van der Waals surface area contributed by atoms with E-state index in [1.807, 2.05) is 43.3 Å². The van der Waals surface area contributed by atoms with E-state index in [1.165, 1.54) is 0 Å². The van der Waals surface area contributed by atoms with Gasteiger partial charge in [0.1, 0.15) is 0 Å². The van der Waals surface area contributed by atoms with Crippen LogP contribution in [0.3, 0.4) is 0 Å². The van der Waals surface area contributed by atoms with Crippen molar-refractivity contribution in [2.75, 3.05) is 14.1 Å². The summed E-state index contributed by atoms with van der Waals surface area (Å²) in [5, 5.41) is 14.5. The number of nitrogens with one attached hydrogen (secondary N) is 1. The van der Waals surface area contributed by atoms with Crippen molar-refractivity contribution < 1.29 is 9.59 Å². The summed E-state index contributed by atoms with van der Waals surface area (Å²) in [4.78, 5) is 26.0. The minimum absolute atomic E-state index is 0.108. The Morgan fingerprint density at radius 1 is 1.14 bits per heavy atom. The zero-order chi connectivity index (χ0) is 20.1. The highest BCUT2D eigenvalue weighted by molar-refractivity contribution is 5.95. The van der Waals surface area contributed by atoms with Gasteiger partial charge in [-0.3, -0.25) is 9.59 Å². The fourth-order valence-corrected chi connectivity index (χ4v) is 2.81. The lowest BCUT2D eigenvalue weighted by atomic mass is 10.1. The summed E-state index contributed by atoms with van der Waals surface area (Å²) in [6, 6.07) is 16.5. The lowest BCUT2D eigenvalue weighted by molar-refractivity contribution is -0.121. The van der Waals surface area contributed by atoms with Crippen LogP contribution < -0.4 is 5.32 Å². The first-order valence-corrected chi connectivity index (χ1v) is 8.93. The predicted molar refractivity (Wildman–Crippen MR) is 105 cm³/mol. The SMILES string of the molecule is CNC(=O)C[C@H](C)N(C)C(=O)c1cccc(-c2nnnn2-c2ccccc2)c1. The Morgan fingerprint density at radius 3 is 2.61 bits per heavy atom. The molecule has 0 saturated heterocycles. The Morgan fingerprint density at radius 2 is 1.89 bits per heavy atom. The Hall–Kier alpha value is -3.55. The van der Waals surface area contributed by atoms with E-state index >= 15 is 0 Å². The van der Waals surface area contributed by atoms with Gasteiger partial charge in [-0.25, -0.2) is 0 Å². The van der Waals surface area contributed by atoms with Crippen LogP contribution in [0.1, 0.15) is 23.7 Å². The van der Waals surface area contributed by atoms with Crippen LogP contribution in [0.25, 0.3) is 17.1 Å². The molecule has 0 bridgehead atoms. The first kappa shape index (κ1) is 19.2. The van der Waals surface area contributed by atoms with E-state index in [4.69, 9.17) is 0 Å². The van der Waals surface area contributed by atoms with Crippen molar-refractivity contribution in [3.8, 4) is 17.1 Å². The molecule has 0 aliphatic heterocycles. The number of hydrogen-bond donors (Lipinski definition) is 1. The van der Waals surface area contributed by atoms with Gasteiger partial charge in [-0.05, 0) is 41.6 Å². The van der Waals surface area contributed by atoms with Gasteiger partial charge in [0.15, 0.2) is 5.82 Å². The molecule has 2 amide bonds. The lowest BCUT2D eigenvalue weighted by Crippen LogP contribution is -2.38. The minimum Gasteiger partial charge on any atom is -0.359 e. The van der Waals surface area contributed by atoms with Crippen molar-refractivity contribution in [1.29, 1.82) is 0 Å². The van der Waals surface area contributed by atoms with Crippen molar-refractivity contribution in [2.45, 2.75) is 19.4 Å². The van der Waals surface area contributed by atoms with Gasteiger partial charge >= 0.3 is 0 Å². The molecule has 1 heterocycles. The van der Waals surface area contributed by atoms with Crippen LogP contribution in [0.5, 0.6) is 0 Å². The van der Waals surface area contributed by atoms with E-state index in [9.17, 15) is 9.59 Å². The van der Waals surface area contributed by atoms with Gasteiger partial charge in [-0.15, -0.1) is 5.10 Å². The van der Waals surface area contributed by atoms with Gasteiger partial charge in [0.2, 0.25) is 5.91 Å². The Bertz CT molecular complexity index is 970. The average molecular weight is 378 g/mol. The standard InChI is InChI=1S/C20H22N6O2/c1-14(12-18(27)21-2)25(3)20(28)16-9-7-8-15(13-16)19-22-23-24-26(19)17-10-5-4-6-11-17/h4-11,13-14H,12H2,1-3H3,(H,21,27)/t14-/m0/s1. The molecular formula is C20H22N6O2. The fourth-order valence-electron chi connectivity index (χ4n) is 2.81. The second-order valence-electron chi connectivity index (χ2n) is 6.47. The van der Waals surface area contributed by atoms with E-state index < -0.39 is 0 Å². The third kappa shape index (κ3) is 4.06. The zero-order valence-corrected chi connectivity index (χ0v) is 16.0. The molecule has 0 spiro atoms. The van der Waals surface area contributed by atoms with Crippen molar-refractivity contribution in [3.05, 3.63) is 60.2 Å². The van der Waals surface area contributed by atoms with Gasteiger partial charge in [-0.1, -0.05) is 30.3 Å². The van der Waals surface area contributed by atoms with Crippen molar-refractivity contribution in [3.63, 3.8) is 0 Å². The highest BCUT2D eigenvalue weighted by Gasteiger charge is 2.20. The number of carbonyl (C=O) groups excluding carboxylic acids is 2. The van der Waals surface area contributed by atoms with E-state index in [2.05, 4.69) is 20.8 Å². The highest BCUT2D eigenvalue weighted by atomic mass is 16.2. The molecule has 1 N–H and O–H groups in total. The number of rotatable bonds is 6. The minimum atomic E-state index is -0.231. The van der Waals surface area contributed by atoms with Crippen LogP contribution in [0.4, 0.5) is 0 Å². The molecular weight excluding hydrogens is 356 g/mol. The molecule has 0 aliphatic rings. The molecule has 0 fully saturated rings. The summed E-state index contributed by atoms with van der Waals surface area (Å²) in [6.45, 7) is 1.84. The molecule has 1 aromatic heterocycles. The van der Waals surface area contributed by atoms with Crippen LogP contribution in [-0.2, 0) is 4.79 Å². The smallest absolute Gasteiger partial charge is 0.253 e.